The van der Waals surface area contributed by atoms with Gasteiger partial charge in [0.15, 0.2) is 5.76 Å². The van der Waals surface area contributed by atoms with E-state index < -0.39 is 0 Å². The molecule has 0 bridgehead atoms. The average molecular weight is 385 g/mol. The average Bonchev–Trinajstić information content (AvgIpc) is 3.18. The molecule has 1 heterocycles. The van der Waals surface area contributed by atoms with Gasteiger partial charge in [0.2, 0.25) is 0 Å². The molecule has 3 aromatic carbocycles. The van der Waals surface area contributed by atoms with Crippen LogP contribution in [0.15, 0.2) is 71.3 Å². The maximum absolute atomic E-state index is 12.9. The normalized spacial score (nSPS) is 10.7. The van der Waals surface area contributed by atoms with Crippen molar-refractivity contribution in [2.75, 3.05) is 12.4 Å². The molecule has 0 saturated carbocycles. The van der Waals surface area contributed by atoms with Crippen LogP contribution in [0.1, 0.15) is 26.3 Å². The van der Waals surface area contributed by atoms with E-state index in [-0.39, 0.29) is 11.8 Å². The van der Waals surface area contributed by atoms with Crippen LogP contribution < -0.4 is 10.6 Å². The molecule has 0 aliphatic rings. The Hall–Kier alpha value is -3.93. The van der Waals surface area contributed by atoms with Gasteiger partial charge in [0, 0.05) is 29.4 Å². The summed E-state index contributed by atoms with van der Waals surface area (Å²) in [7, 11) is 1.57. The molecule has 1 aromatic heterocycles. The summed E-state index contributed by atoms with van der Waals surface area (Å²) in [5.74, 6) is 0.148. The Morgan fingerprint density at radius 3 is 2.48 bits per heavy atom. The van der Waals surface area contributed by atoms with E-state index in [0.717, 1.165) is 10.9 Å². The van der Waals surface area contributed by atoms with Crippen LogP contribution in [0.4, 0.5) is 5.69 Å². The maximum Gasteiger partial charge on any atom is 0.255 e. The summed E-state index contributed by atoms with van der Waals surface area (Å²) >= 11 is 0. The molecule has 6 nitrogen and oxygen atoms in total. The SMILES string of the molecule is CNC(=O)c1cccc(NC(=O)c2ccc3noc(-c4ccccc4)c3c2)c1C. The van der Waals surface area contributed by atoms with Crippen LogP contribution in [0.5, 0.6) is 0 Å². The van der Waals surface area contributed by atoms with E-state index in [9.17, 15) is 9.59 Å². The highest BCUT2D eigenvalue weighted by atomic mass is 16.5. The Morgan fingerprint density at radius 2 is 1.72 bits per heavy atom. The fraction of sp³-hybridized carbons (Fsp3) is 0.0870. The number of hydrogen-bond donors (Lipinski definition) is 2. The third kappa shape index (κ3) is 3.48. The highest BCUT2D eigenvalue weighted by Crippen LogP contribution is 2.29. The Morgan fingerprint density at radius 1 is 0.931 bits per heavy atom. The molecule has 0 aliphatic heterocycles. The largest absolute Gasteiger partial charge is 0.355 e. The molecular formula is C23H19N3O3. The number of amides is 2. The van der Waals surface area contributed by atoms with Crippen molar-refractivity contribution in [2.24, 2.45) is 0 Å². The van der Waals surface area contributed by atoms with E-state index in [1.54, 1.807) is 50.4 Å². The highest BCUT2D eigenvalue weighted by Gasteiger charge is 2.16. The smallest absolute Gasteiger partial charge is 0.255 e. The second-order valence-corrected chi connectivity index (χ2v) is 6.62. The zero-order valence-electron chi connectivity index (χ0n) is 16.0. The molecule has 0 saturated heterocycles. The first-order valence-electron chi connectivity index (χ1n) is 9.16. The summed E-state index contributed by atoms with van der Waals surface area (Å²) in [6, 6.07) is 20.1. The molecule has 2 N–H and O–H groups in total. The summed E-state index contributed by atoms with van der Waals surface area (Å²) < 4.78 is 5.50. The molecule has 144 valence electrons. The molecular weight excluding hydrogens is 366 g/mol. The summed E-state index contributed by atoms with van der Waals surface area (Å²) in [6.45, 7) is 1.80. The second-order valence-electron chi connectivity index (χ2n) is 6.62. The van der Waals surface area contributed by atoms with E-state index in [1.165, 1.54) is 0 Å². The Bertz CT molecular complexity index is 1210. The standard InChI is InChI=1S/C23H19N3O3/c1-14-17(23(28)24-2)9-6-10-19(14)25-22(27)16-11-12-20-18(13-16)21(29-26-20)15-7-4-3-5-8-15/h3-13H,1-2H3,(H,24,28)(H,25,27). The molecule has 2 amide bonds. The topological polar surface area (TPSA) is 84.2 Å². The Balaban J connectivity index is 1.67. The molecule has 0 aliphatic carbocycles. The number of rotatable bonds is 4. The second kappa shape index (κ2) is 7.59. The highest BCUT2D eigenvalue weighted by molar-refractivity contribution is 6.08. The van der Waals surface area contributed by atoms with Gasteiger partial charge in [0.05, 0.1) is 5.39 Å². The van der Waals surface area contributed by atoms with Gasteiger partial charge < -0.3 is 15.2 Å². The fourth-order valence-electron chi connectivity index (χ4n) is 3.23. The molecule has 0 spiro atoms. The fourth-order valence-corrected chi connectivity index (χ4v) is 3.23. The summed E-state index contributed by atoms with van der Waals surface area (Å²) in [5.41, 5.74) is 3.86. The number of carbonyl (C=O) groups is 2. The minimum absolute atomic E-state index is 0.197. The van der Waals surface area contributed by atoms with Crippen LogP contribution in [-0.2, 0) is 0 Å². The number of carbonyl (C=O) groups excluding carboxylic acids is 2. The van der Waals surface area contributed by atoms with Gasteiger partial charge in [0.25, 0.3) is 11.8 Å². The van der Waals surface area contributed by atoms with E-state index in [4.69, 9.17) is 4.52 Å². The number of nitrogens with one attached hydrogen (secondary N) is 2. The van der Waals surface area contributed by atoms with Crippen LogP contribution >= 0.6 is 0 Å². The molecule has 4 aromatic rings. The van der Waals surface area contributed by atoms with Crippen molar-refractivity contribution in [1.29, 1.82) is 0 Å². The van der Waals surface area contributed by atoms with Crippen molar-refractivity contribution in [3.8, 4) is 11.3 Å². The first-order valence-corrected chi connectivity index (χ1v) is 9.16. The first kappa shape index (κ1) is 18.4. The summed E-state index contributed by atoms with van der Waals surface area (Å²) in [5, 5.41) is 10.3. The van der Waals surface area contributed by atoms with Crippen LogP contribution in [0.25, 0.3) is 22.2 Å². The summed E-state index contributed by atoms with van der Waals surface area (Å²) in [4.78, 5) is 24.9. The molecule has 4 rings (SSSR count). The van der Waals surface area contributed by atoms with Gasteiger partial charge in [-0.05, 0) is 42.8 Å². The number of anilines is 1. The molecule has 0 unspecified atom stereocenters. The summed E-state index contributed by atoms with van der Waals surface area (Å²) in [6.07, 6.45) is 0. The molecule has 0 atom stereocenters. The van der Waals surface area contributed by atoms with Crippen LogP contribution in [0, 0.1) is 6.92 Å². The minimum atomic E-state index is -0.274. The van der Waals surface area contributed by atoms with Crippen molar-refractivity contribution >= 4 is 28.4 Å². The van der Waals surface area contributed by atoms with E-state index in [2.05, 4.69) is 15.8 Å². The molecule has 0 fully saturated rings. The minimum Gasteiger partial charge on any atom is -0.355 e. The van der Waals surface area contributed by atoms with E-state index in [0.29, 0.717) is 33.7 Å². The van der Waals surface area contributed by atoms with Crippen LogP contribution in [0.3, 0.4) is 0 Å². The lowest BCUT2D eigenvalue weighted by Gasteiger charge is -2.12. The van der Waals surface area contributed by atoms with Crippen molar-refractivity contribution < 1.29 is 14.1 Å². The van der Waals surface area contributed by atoms with Gasteiger partial charge in [-0.2, -0.15) is 0 Å². The number of aromatic nitrogens is 1. The predicted octanol–water partition coefficient (Wildman–Crippen LogP) is 4.42. The Labute approximate surface area is 167 Å². The zero-order valence-corrected chi connectivity index (χ0v) is 16.0. The lowest BCUT2D eigenvalue weighted by molar-refractivity contribution is 0.0960. The zero-order chi connectivity index (χ0) is 20.4. The monoisotopic (exact) mass is 385 g/mol. The van der Waals surface area contributed by atoms with Gasteiger partial charge in [-0.1, -0.05) is 41.6 Å². The van der Waals surface area contributed by atoms with Crippen molar-refractivity contribution in [3.05, 3.63) is 83.4 Å². The molecule has 6 heteroatoms. The number of nitrogens with zero attached hydrogens (tertiary/aromatic N) is 1. The quantitative estimate of drug-likeness (QED) is 0.545. The van der Waals surface area contributed by atoms with Crippen molar-refractivity contribution in [1.82, 2.24) is 10.5 Å². The van der Waals surface area contributed by atoms with E-state index in [1.807, 2.05) is 30.3 Å². The van der Waals surface area contributed by atoms with Crippen LogP contribution in [-0.4, -0.2) is 24.0 Å². The van der Waals surface area contributed by atoms with Gasteiger partial charge in [-0.3, -0.25) is 9.59 Å². The number of hydrogen-bond acceptors (Lipinski definition) is 4. The molecule has 0 radical (unpaired) electrons. The van der Waals surface area contributed by atoms with Crippen molar-refractivity contribution in [3.63, 3.8) is 0 Å². The number of benzene rings is 3. The van der Waals surface area contributed by atoms with Crippen LogP contribution in [0.2, 0.25) is 0 Å². The van der Waals surface area contributed by atoms with Gasteiger partial charge in [-0.15, -0.1) is 0 Å². The van der Waals surface area contributed by atoms with Crippen molar-refractivity contribution in [2.45, 2.75) is 6.92 Å². The van der Waals surface area contributed by atoms with Gasteiger partial charge >= 0.3 is 0 Å². The lowest BCUT2D eigenvalue weighted by Crippen LogP contribution is -2.20. The Kier molecular flexibility index (Phi) is 4.83. The first-order chi connectivity index (χ1) is 14.1. The van der Waals surface area contributed by atoms with E-state index >= 15 is 0 Å². The third-order valence-electron chi connectivity index (χ3n) is 4.83. The molecule has 29 heavy (non-hydrogen) atoms. The predicted molar refractivity (Wildman–Crippen MR) is 112 cm³/mol. The van der Waals surface area contributed by atoms with Gasteiger partial charge in [0.1, 0.15) is 5.52 Å². The third-order valence-corrected chi connectivity index (χ3v) is 4.83. The lowest BCUT2D eigenvalue weighted by atomic mass is 10.0. The maximum atomic E-state index is 12.9. The van der Waals surface area contributed by atoms with Gasteiger partial charge in [-0.25, -0.2) is 0 Å². The number of fused-ring (bicyclic) bond motifs is 1.